The highest BCUT2D eigenvalue weighted by Gasteiger charge is 2.19. The van der Waals surface area contributed by atoms with Crippen molar-refractivity contribution in [3.63, 3.8) is 0 Å². The van der Waals surface area contributed by atoms with E-state index in [0.717, 1.165) is 32.5 Å². The molecule has 0 aliphatic carbocycles. The van der Waals surface area contributed by atoms with Gasteiger partial charge in [-0.3, -0.25) is 0 Å². The number of aliphatic hydroxyl groups is 1. The first-order valence-corrected chi connectivity index (χ1v) is 6.94. The van der Waals surface area contributed by atoms with E-state index in [0.29, 0.717) is 19.8 Å². The number of rotatable bonds is 9. The maximum Gasteiger partial charge on any atom is 0.332 e. The van der Waals surface area contributed by atoms with Crippen molar-refractivity contribution in [2.45, 2.75) is 25.9 Å². The average molecular weight is 275 g/mol. The first kappa shape index (κ1) is 16.4. The molecule has 1 heterocycles. The zero-order valence-electron chi connectivity index (χ0n) is 11.7. The van der Waals surface area contributed by atoms with Crippen LogP contribution in [0.4, 0.5) is 0 Å². The molecule has 19 heavy (non-hydrogen) atoms. The van der Waals surface area contributed by atoms with E-state index in [9.17, 15) is 4.79 Å². The van der Waals surface area contributed by atoms with E-state index in [4.69, 9.17) is 19.3 Å². The minimum absolute atomic E-state index is 0.0317. The Morgan fingerprint density at radius 1 is 1.32 bits per heavy atom. The van der Waals surface area contributed by atoms with Gasteiger partial charge in [-0.1, -0.05) is 0 Å². The van der Waals surface area contributed by atoms with Gasteiger partial charge in [0, 0.05) is 19.6 Å². The highest BCUT2D eigenvalue weighted by Crippen LogP contribution is 2.13. The molecule has 1 saturated heterocycles. The molecule has 0 saturated carbocycles. The van der Waals surface area contributed by atoms with Gasteiger partial charge in [0.05, 0.1) is 32.5 Å². The van der Waals surface area contributed by atoms with Gasteiger partial charge in [0.15, 0.2) is 0 Å². The van der Waals surface area contributed by atoms with E-state index in [2.05, 4.69) is 4.90 Å². The number of carbonyl (C=O) groups is 1. The van der Waals surface area contributed by atoms with Gasteiger partial charge in [-0.15, -0.1) is 0 Å². The molecule has 0 amide bonds. The van der Waals surface area contributed by atoms with Gasteiger partial charge in [-0.25, -0.2) is 4.79 Å². The predicted octanol–water partition coefficient (Wildman–Crippen LogP) is 0.0394. The molecule has 0 radical (unpaired) electrons. The fourth-order valence-corrected chi connectivity index (χ4v) is 2.07. The number of hydrogen-bond acceptors (Lipinski definition) is 6. The van der Waals surface area contributed by atoms with Crippen LogP contribution >= 0.6 is 0 Å². The summed E-state index contributed by atoms with van der Waals surface area (Å²) in [6.07, 6.45) is 2.24. The Morgan fingerprint density at radius 2 is 2.05 bits per heavy atom. The fourth-order valence-electron chi connectivity index (χ4n) is 2.07. The van der Waals surface area contributed by atoms with E-state index in [1.165, 1.54) is 0 Å². The molecule has 1 aliphatic heterocycles. The summed E-state index contributed by atoms with van der Waals surface area (Å²) < 4.78 is 15.5. The largest absolute Gasteiger partial charge is 0.464 e. The van der Waals surface area contributed by atoms with Crippen LogP contribution in [-0.2, 0) is 19.0 Å². The van der Waals surface area contributed by atoms with E-state index in [1.807, 2.05) is 0 Å². The summed E-state index contributed by atoms with van der Waals surface area (Å²) in [5, 5.41) is 8.69. The Balaban J connectivity index is 1.99. The van der Waals surface area contributed by atoms with Crippen LogP contribution < -0.4 is 0 Å². The Hall–Kier alpha value is -0.690. The van der Waals surface area contributed by atoms with Crippen molar-refractivity contribution in [1.82, 2.24) is 4.90 Å². The second-order valence-electron chi connectivity index (χ2n) is 4.49. The maximum atomic E-state index is 11.0. The number of aliphatic hydroxyl groups excluding tert-OH is 1. The lowest BCUT2D eigenvalue weighted by molar-refractivity contribution is -0.148. The number of hydrogen-bond donors (Lipinski definition) is 1. The molecule has 0 bridgehead atoms. The smallest absolute Gasteiger partial charge is 0.332 e. The number of esters is 1. The second kappa shape index (κ2) is 10.1. The lowest BCUT2D eigenvalue weighted by Crippen LogP contribution is -2.39. The molecule has 0 atom stereocenters. The van der Waals surface area contributed by atoms with Crippen LogP contribution in [-0.4, -0.2) is 74.7 Å². The minimum Gasteiger partial charge on any atom is -0.464 e. The molecule has 1 rings (SSSR count). The fraction of sp³-hybridized carbons (Fsp3) is 0.923. The van der Waals surface area contributed by atoms with E-state index < -0.39 is 0 Å². The van der Waals surface area contributed by atoms with Gasteiger partial charge < -0.3 is 24.2 Å². The van der Waals surface area contributed by atoms with Gasteiger partial charge in [-0.2, -0.15) is 0 Å². The molecule has 0 aromatic rings. The Bertz CT molecular complexity index is 241. The summed E-state index contributed by atoms with van der Waals surface area (Å²) in [4.78, 5) is 13.3. The highest BCUT2D eigenvalue weighted by atomic mass is 16.6. The SMILES string of the molecule is CCOC(=O)COCCN1CCC(OCCO)CC1. The van der Waals surface area contributed by atoms with Crippen LogP contribution in [0, 0.1) is 0 Å². The van der Waals surface area contributed by atoms with Crippen molar-refractivity contribution < 1.29 is 24.1 Å². The number of ether oxygens (including phenoxy) is 3. The van der Waals surface area contributed by atoms with Crippen molar-refractivity contribution in [3.8, 4) is 0 Å². The van der Waals surface area contributed by atoms with Crippen molar-refractivity contribution in [1.29, 1.82) is 0 Å². The standard InChI is InChI=1S/C13H25NO5/c1-2-18-13(16)11-17-9-7-14-5-3-12(4-6-14)19-10-8-15/h12,15H,2-11H2,1H3. The third-order valence-electron chi connectivity index (χ3n) is 3.06. The molecule has 0 aromatic heterocycles. The summed E-state index contributed by atoms with van der Waals surface area (Å²) >= 11 is 0. The molecular weight excluding hydrogens is 250 g/mol. The molecule has 1 aliphatic rings. The quantitative estimate of drug-likeness (QED) is 0.473. The molecule has 0 unspecified atom stereocenters. The summed E-state index contributed by atoms with van der Waals surface area (Å²) in [5.74, 6) is -0.307. The zero-order chi connectivity index (χ0) is 13.9. The van der Waals surface area contributed by atoms with Gasteiger partial charge in [0.25, 0.3) is 0 Å². The molecule has 1 N–H and O–H groups in total. The summed E-state index contributed by atoms with van der Waals surface area (Å²) in [5.41, 5.74) is 0. The summed E-state index contributed by atoms with van der Waals surface area (Å²) in [6, 6.07) is 0. The topological polar surface area (TPSA) is 68.2 Å². The van der Waals surface area contributed by atoms with Gasteiger partial charge >= 0.3 is 5.97 Å². The third-order valence-corrected chi connectivity index (χ3v) is 3.06. The Kier molecular flexibility index (Phi) is 8.73. The van der Waals surface area contributed by atoms with Crippen LogP contribution in [0.25, 0.3) is 0 Å². The monoisotopic (exact) mass is 275 g/mol. The van der Waals surface area contributed by atoms with E-state index in [-0.39, 0.29) is 25.3 Å². The number of piperidine rings is 1. The number of carbonyl (C=O) groups excluding carboxylic acids is 1. The molecule has 0 aromatic carbocycles. The van der Waals surface area contributed by atoms with Crippen molar-refractivity contribution >= 4 is 5.97 Å². The van der Waals surface area contributed by atoms with Crippen LogP contribution in [0.15, 0.2) is 0 Å². The van der Waals surface area contributed by atoms with E-state index >= 15 is 0 Å². The number of nitrogens with zero attached hydrogens (tertiary/aromatic N) is 1. The molecule has 1 fully saturated rings. The van der Waals surface area contributed by atoms with Crippen LogP contribution in [0.3, 0.4) is 0 Å². The zero-order valence-corrected chi connectivity index (χ0v) is 11.7. The van der Waals surface area contributed by atoms with Crippen LogP contribution in [0.2, 0.25) is 0 Å². The average Bonchev–Trinajstić information content (AvgIpc) is 2.43. The highest BCUT2D eigenvalue weighted by molar-refractivity contribution is 5.70. The van der Waals surface area contributed by atoms with Crippen LogP contribution in [0.5, 0.6) is 0 Å². The molecule has 6 nitrogen and oxygen atoms in total. The van der Waals surface area contributed by atoms with E-state index in [1.54, 1.807) is 6.92 Å². The predicted molar refractivity (Wildman–Crippen MR) is 70.0 cm³/mol. The maximum absolute atomic E-state index is 11.0. The van der Waals surface area contributed by atoms with Crippen molar-refractivity contribution in [3.05, 3.63) is 0 Å². The molecular formula is C13H25NO5. The van der Waals surface area contributed by atoms with Crippen molar-refractivity contribution in [2.75, 3.05) is 52.7 Å². The molecule has 112 valence electrons. The number of likely N-dealkylation sites (tertiary alicyclic amines) is 1. The first-order valence-electron chi connectivity index (χ1n) is 6.94. The summed E-state index contributed by atoms with van der Waals surface area (Å²) in [7, 11) is 0. The van der Waals surface area contributed by atoms with Crippen LogP contribution in [0.1, 0.15) is 19.8 Å². The van der Waals surface area contributed by atoms with Gasteiger partial charge in [0.1, 0.15) is 6.61 Å². The Labute approximate surface area is 114 Å². The van der Waals surface area contributed by atoms with Crippen molar-refractivity contribution in [2.24, 2.45) is 0 Å². The summed E-state index contributed by atoms with van der Waals surface area (Å²) in [6.45, 7) is 6.02. The lowest BCUT2D eigenvalue weighted by atomic mass is 10.1. The van der Waals surface area contributed by atoms with Gasteiger partial charge in [-0.05, 0) is 19.8 Å². The molecule has 6 heteroatoms. The third kappa shape index (κ3) is 7.47. The second-order valence-corrected chi connectivity index (χ2v) is 4.49. The van der Waals surface area contributed by atoms with Gasteiger partial charge in [0.2, 0.25) is 0 Å². The normalized spacial score (nSPS) is 17.6. The lowest BCUT2D eigenvalue weighted by Gasteiger charge is -2.31. The molecule has 0 spiro atoms. The first-order chi connectivity index (χ1) is 9.26. The minimum atomic E-state index is -0.307. The Morgan fingerprint density at radius 3 is 2.68 bits per heavy atom.